The fraction of sp³-hybridized carbons (Fsp3) is 0.538. The van der Waals surface area contributed by atoms with E-state index < -0.39 is 0 Å². The average molecular weight is 301 g/mol. The van der Waals surface area contributed by atoms with Crippen LogP contribution in [0.15, 0.2) is 23.3 Å². The fourth-order valence-corrected chi connectivity index (χ4v) is 1.46. The van der Waals surface area contributed by atoms with Crippen LogP contribution in [-0.4, -0.2) is 43.9 Å². The number of nitrogens with two attached hydrogens (primary N) is 1. The highest BCUT2D eigenvalue weighted by atomic mass is 35.5. The molecule has 7 heteroatoms. The molecule has 1 heterocycles. The maximum absolute atomic E-state index is 5.72. The summed E-state index contributed by atoms with van der Waals surface area (Å²) in [5.41, 5.74) is 5.70. The van der Waals surface area contributed by atoms with Crippen molar-refractivity contribution in [2.75, 3.05) is 32.9 Å². The number of aliphatic imine (C=N–C) groups is 1. The van der Waals surface area contributed by atoms with Crippen LogP contribution in [0, 0.1) is 0 Å². The SMILES string of the molecule is CCOCCCN=C(N)NCCOc1ccc(Cl)cn1. The molecule has 0 aliphatic rings. The number of hydrogen-bond acceptors (Lipinski definition) is 4. The zero-order valence-corrected chi connectivity index (χ0v) is 12.4. The number of aromatic nitrogens is 1. The summed E-state index contributed by atoms with van der Waals surface area (Å²) in [5, 5.41) is 3.55. The third-order valence-electron chi connectivity index (χ3n) is 2.29. The highest BCUT2D eigenvalue weighted by molar-refractivity contribution is 6.30. The second-order valence-corrected chi connectivity index (χ2v) is 4.34. The predicted molar refractivity (Wildman–Crippen MR) is 80.3 cm³/mol. The highest BCUT2D eigenvalue weighted by Gasteiger charge is 1.96. The molecule has 112 valence electrons. The van der Waals surface area contributed by atoms with Gasteiger partial charge in [-0.25, -0.2) is 4.98 Å². The molecule has 6 nitrogen and oxygen atoms in total. The Morgan fingerprint density at radius 3 is 3.00 bits per heavy atom. The first-order valence-electron chi connectivity index (χ1n) is 6.58. The van der Waals surface area contributed by atoms with Gasteiger partial charge in [-0.2, -0.15) is 0 Å². The summed E-state index contributed by atoms with van der Waals surface area (Å²) in [5.74, 6) is 0.942. The molecule has 0 atom stereocenters. The molecule has 1 rings (SSSR count). The zero-order chi connectivity index (χ0) is 14.6. The number of nitrogens with one attached hydrogen (secondary N) is 1. The van der Waals surface area contributed by atoms with Crippen molar-refractivity contribution in [3.8, 4) is 5.88 Å². The lowest BCUT2D eigenvalue weighted by Crippen LogP contribution is -2.35. The van der Waals surface area contributed by atoms with Crippen molar-refractivity contribution in [3.05, 3.63) is 23.4 Å². The van der Waals surface area contributed by atoms with E-state index in [0.29, 0.717) is 43.2 Å². The van der Waals surface area contributed by atoms with Crippen molar-refractivity contribution in [2.45, 2.75) is 13.3 Å². The summed E-state index contributed by atoms with van der Waals surface area (Å²) in [6.07, 6.45) is 2.40. The lowest BCUT2D eigenvalue weighted by atomic mass is 10.4. The summed E-state index contributed by atoms with van der Waals surface area (Å²) in [6, 6.07) is 3.44. The van der Waals surface area contributed by atoms with Crippen molar-refractivity contribution in [1.82, 2.24) is 10.3 Å². The van der Waals surface area contributed by atoms with Crippen LogP contribution in [0.2, 0.25) is 5.02 Å². The Labute approximate surface area is 124 Å². The van der Waals surface area contributed by atoms with E-state index in [1.54, 1.807) is 18.3 Å². The molecule has 0 radical (unpaired) electrons. The molecule has 0 unspecified atom stereocenters. The number of ether oxygens (including phenoxy) is 2. The summed E-state index contributed by atoms with van der Waals surface area (Å²) in [4.78, 5) is 8.18. The Hall–Kier alpha value is -1.53. The highest BCUT2D eigenvalue weighted by Crippen LogP contribution is 2.10. The third-order valence-corrected chi connectivity index (χ3v) is 2.52. The Morgan fingerprint density at radius 2 is 2.30 bits per heavy atom. The molecule has 0 aliphatic carbocycles. The molecule has 0 saturated heterocycles. The van der Waals surface area contributed by atoms with Crippen LogP contribution < -0.4 is 15.8 Å². The molecule has 0 amide bonds. The summed E-state index contributed by atoms with van der Waals surface area (Å²) >= 11 is 5.72. The van der Waals surface area contributed by atoms with Crippen LogP contribution in [0.5, 0.6) is 5.88 Å². The topological polar surface area (TPSA) is 81.8 Å². The summed E-state index contributed by atoms with van der Waals surface area (Å²) in [7, 11) is 0. The Kier molecular flexibility index (Phi) is 8.49. The quantitative estimate of drug-likeness (QED) is 0.410. The molecule has 0 aliphatic heterocycles. The van der Waals surface area contributed by atoms with Gasteiger partial charge in [0.05, 0.1) is 11.6 Å². The first kappa shape index (κ1) is 16.5. The second-order valence-electron chi connectivity index (χ2n) is 3.91. The van der Waals surface area contributed by atoms with Gasteiger partial charge in [0.1, 0.15) is 6.61 Å². The van der Waals surface area contributed by atoms with Crippen molar-refractivity contribution < 1.29 is 9.47 Å². The average Bonchev–Trinajstić information content (AvgIpc) is 2.45. The molecule has 0 aromatic carbocycles. The van der Waals surface area contributed by atoms with E-state index in [0.717, 1.165) is 13.0 Å². The minimum Gasteiger partial charge on any atom is -0.476 e. The first-order chi connectivity index (χ1) is 9.72. The Balaban J connectivity index is 2.07. The third kappa shape index (κ3) is 7.81. The van der Waals surface area contributed by atoms with Gasteiger partial charge in [-0.1, -0.05) is 11.6 Å². The van der Waals surface area contributed by atoms with E-state index in [-0.39, 0.29) is 0 Å². The standard InChI is InChI=1S/C13H21ClN4O2/c1-2-19-8-3-6-16-13(15)17-7-9-20-12-5-4-11(14)10-18-12/h4-5,10H,2-3,6-9H2,1H3,(H3,15,16,17). The van der Waals surface area contributed by atoms with Crippen LogP contribution in [0.3, 0.4) is 0 Å². The van der Waals surface area contributed by atoms with Crippen LogP contribution in [-0.2, 0) is 4.74 Å². The van der Waals surface area contributed by atoms with E-state index in [1.807, 2.05) is 6.92 Å². The van der Waals surface area contributed by atoms with Crippen LogP contribution in [0.4, 0.5) is 0 Å². The van der Waals surface area contributed by atoms with Gasteiger partial charge >= 0.3 is 0 Å². The van der Waals surface area contributed by atoms with E-state index in [4.69, 9.17) is 26.8 Å². The number of guanidine groups is 1. The smallest absolute Gasteiger partial charge is 0.213 e. The predicted octanol–water partition coefficient (Wildman–Crippen LogP) is 1.44. The summed E-state index contributed by atoms with van der Waals surface area (Å²) in [6.45, 7) is 5.06. The maximum Gasteiger partial charge on any atom is 0.213 e. The van der Waals surface area contributed by atoms with Crippen molar-refractivity contribution in [1.29, 1.82) is 0 Å². The van der Waals surface area contributed by atoms with Gasteiger partial charge < -0.3 is 20.5 Å². The van der Waals surface area contributed by atoms with E-state index in [9.17, 15) is 0 Å². The van der Waals surface area contributed by atoms with Gasteiger partial charge in [0.25, 0.3) is 0 Å². The minimum atomic E-state index is 0.411. The number of halogens is 1. The first-order valence-corrected chi connectivity index (χ1v) is 6.96. The second kappa shape index (κ2) is 10.3. The monoisotopic (exact) mass is 300 g/mol. The molecule has 0 saturated carbocycles. The largest absolute Gasteiger partial charge is 0.476 e. The molecule has 0 spiro atoms. The van der Waals surface area contributed by atoms with Gasteiger partial charge in [0.2, 0.25) is 5.88 Å². The van der Waals surface area contributed by atoms with Crippen LogP contribution >= 0.6 is 11.6 Å². The van der Waals surface area contributed by atoms with Crippen molar-refractivity contribution >= 4 is 17.6 Å². The molecule has 1 aromatic heterocycles. The van der Waals surface area contributed by atoms with E-state index in [1.165, 1.54) is 0 Å². The summed E-state index contributed by atoms with van der Waals surface area (Å²) < 4.78 is 10.6. The zero-order valence-electron chi connectivity index (χ0n) is 11.6. The molecule has 3 N–H and O–H groups in total. The molecule has 1 aromatic rings. The molecule has 20 heavy (non-hydrogen) atoms. The van der Waals surface area contributed by atoms with Crippen molar-refractivity contribution in [2.24, 2.45) is 10.7 Å². The molecular formula is C13H21ClN4O2. The van der Waals surface area contributed by atoms with E-state index in [2.05, 4.69) is 15.3 Å². The minimum absolute atomic E-state index is 0.411. The van der Waals surface area contributed by atoms with E-state index >= 15 is 0 Å². The van der Waals surface area contributed by atoms with Crippen LogP contribution in [0.1, 0.15) is 13.3 Å². The number of nitrogens with zero attached hydrogens (tertiary/aromatic N) is 2. The van der Waals surface area contributed by atoms with Gasteiger partial charge in [-0.15, -0.1) is 0 Å². The number of hydrogen-bond donors (Lipinski definition) is 2. The molecule has 0 bridgehead atoms. The number of pyridine rings is 1. The van der Waals surface area contributed by atoms with Crippen molar-refractivity contribution in [3.63, 3.8) is 0 Å². The van der Waals surface area contributed by atoms with Crippen LogP contribution in [0.25, 0.3) is 0 Å². The lowest BCUT2D eigenvalue weighted by Gasteiger charge is -2.07. The fourth-order valence-electron chi connectivity index (χ4n) is 1.35. The van der Waals surface area contributed by atoms with Gasteiger partial charge in [0.15, 0.2) is 5.96 Å². The Morgan fingerprint density at radius 1 is 1.45 bits per heavy atom. The Bertz CT molecular complexity index is 398. The maximum atomic E-state index is 5.72. The molecule has 0 fully saturated rings. The van der Waals surface area contributed by atoms with Gasteiger partial charge in [-0.05, 0) is 19.4 Å². The van der Waals surface area contributed by atoms with Gasteiger partial charge in [-0.3, -0.25) is 4.99 Å². The molecular weight excluding hydrogens is 280 g/mol. The number of rotatable bonds is 9. The lowest BCUT2D eigenvalue weighted by molar-refractivity contribution is 0.146. The normalized spacial score (nSPS) is 11.4. The van der Waals surface area contributed by atoms with Gasteiger partial charge in [0, 0.05) is 32.0 Å².